The summed E-state index contributed by atoms with van der Waals surface area (Å²) >= 11 is 0. The van der Waals surface area contributed by atoms with Crippen LogP contribution in [0.4, 0.5) is 4.79 Å². The Labute approximate surface area is 124 Å². The number of aliphatic carboxylic acids is 1. The Morgan fingerprint density at radius 3 is 2.52 bits per heavy atom. The van der Waals surface area contributed by atoms with Gasteiger partial charge in [0.05, 0.1) is 5.69 Å². The second-order valence-corrected chi connectivity index (χ2v) is 5.85. The number of hydrogen-bond acceptors (Lipinski definition) is 4. The lowest BCUT2D eigenvalue weighted by Gasteiger charge is -2.22. The van der Waals surface area contributed by atoms with Crippen LogP contribution < -0.4 is 5.32 Å². The van der Waals surface area contributed by atoms with Gasteiger partial charge in [-0.05, 0) is 33.3 Å². The summed E-state index contributed by atoms with van der Waals surface area (Å²) in [6.07, 6.45) is 0.177. The zero-order valence-corrected chi connectivity index (χ0v) is 13.1. The van der Waals surface area contributed by atoms with Crippen molar-refractivity contribution < 1.29 is 19.4 Å². The van der Waals surface area contributed by atoms with Crippen molar-refractivity contribution in [2.24, 2.45) is 7.05 Å². The third kappa shape index (κ3) is 5.45. The number of rotatable bonds is 5. The summed E-state index contributed by atoms with van der Waals surface area (Å²) in [5, 5.41) is 15.9. The predicted octanol–water partition coefficient (Wildman–Crippen LogP) is 1.50. The molecule has 1 aromatic rings. The van der Waals surface area contributed by atoms with Gasteiger partial charge in [0.1, 0.15) is 11.6 Å². The van der Waals surface area contributed by atoms with Crippen molar-refractivity contribution >= 4 is 12.1 Å². The van der Waals surface area contributed by atoms with Crippen LogP contribution in [0, 0.1) is 0 Å². The van der Waals surface area contributed by atoms with Gasteiger partial charge < -0.3 is 15.2 Å². The van der Waals surface area contributed by atoms with Crippen LogP contribution in [0.2, 0.25) is 0 Å². The van der Waals surface area contributed by atoms with E-state index in [1.54, 1.807) is 32.5 Å². The van der Waals surface area contributed by atoms with E-state index in [-0.39, 0.29) is 6.42 Å². The third-order valence-electron chi connectivity index (χ3n) is 2.79. The first-order chi connectivity index (χ1) is 9.62. The monoisotopic (exact) mass is 297 g/mol. The van der Waals surface area contributed by atoms with E-state index in [4.69, 9.17) is 4.74 Å². The van der Waals surface area contributed by atoms with E-state index in [2.05, 4.69) is 10.4 Å². The molecule has 1 aromatic heterocycles. The summed E-state index contributed by atoms with van der Waals surface area (Å²) in [5.41, 5.74) is 0.957. The maximum Gasteiger partial charge on any atom is 0.408 e. The Bertz CT molecular complexity index is 517. The molecule has 1 unspecified atom stereocenters. The number of carbonyl (C=O) groups excluding carboxylic acids is 1. The topological polar surface area (TPSA) is 93.5 Å². The number of amides is 1. The molecular formula is C14H23N3O4. The van der Waals surface area contributed by atoms with Crippen molar-refractivity contribution in [1.82, 2.24) is 15.1 Å². The summed E-state index contributed by atoms with van der Waals surface area (Å²) < 4.78 is 6.71. The quantitative estimate of drug-likeness (QED) is 0.859. The maximum atomic E-state index is 11.7. The number of hydrogen-bond donors (Lipinski definition) is 2. The highest BCUT2D eigenvalue weighted by Gasteiger charge is 2.25. The van der Waals surface area contributed by atoms with Gasteiger partial charge in [-0.3, -0.25) is 4.68 Å². The molecule has 0 radical (unpaired) electrons. The Morgan fingerprint density at radius 2 is 2.10 bits per heavy atom. The molecule has 1 atom stereocenters. The summed E-state index contributed by atoms with van der Waals surface area (Å²) in [5.74, 6) is -1.11. The fourth-order valence-electron chi connectivity index (χ4n) is 1.79. The smallest absolute Gasteiger partial charge is 0.408 e. The molecule has 0 aromatic carbocycles. The number of nitrogens with one attached hydrogen (secondary N) is 1. The molecule has 2 N–H and O–H groups in total. The lowest BCUT2D eigenvalue weighted by atomic mass is 10.1. The SMILES string of the molecule is CCc1cc(CC(NC(=O)OC(C)(C)C)C(=O)O)n(C)n1. The Balaban J connectivity index is 2.76. The van der Waals surface area contributed by atoms with Crippen LogP contribution in [0.1, 0.15) is 39.1 Å². The molecule has 0 aliphatic rings. The number of nitrogens with zero attached hydrogens (tertiary/aromatic N) is 2. The van der Waals surface area contributed by atoms with E-state index in [1.165, 1.54) is 0 Å². The lowest BCUT2D eigenvalue weighted by Crippen LogP contribution is -2.44. The van der Waals surface area contributed by atoms with Gasteiger partial charge in [-0.2, -0.15) is 5.10 Å². The fraction of sp³-hybridized carbons (Fsp3) is 0.643. The van der Waals surface area contributed by atoms with Crippen molar-refractivity contribution in [1.29, 1.82) is 0 Å². The van der Waals surface area contributed by atoms with E-state index in [0.29, 0.717) is 0 Å². The highest BCUT2D eigenvalue weighted by Crippen LogP contribution is 2.10. The average molecular weight is 297 g/mol. The fourth-order valence-corrected chi connectivity index (χ4v) is 1.79. The summed E-state index contributed by atoms with van der Waals surface area (Å²) in [6, 6.07) is 0.784. The minimum absolute atomic E-state index is 0.151. The lowest BCUT2D eigenvalue weighted by molar-refractivity contribution is -0.139. The van der Waals surface area contributed by atoms with Gasteiger partial charge in [0.15, 0.2) is 0 Å². The van der Waals surface area contributed by atoms with E-state index >= 15 is 0 Å². The third-order valence-corrected chi connectivity index (χ3v) is 2.79. The zero-order valence-electron chi connectivity index (χ0n) is 13.1. The van der Waals surface area contributed by atoms with Gasteiger partial charge in [-0.15, -0.1) is 0 Å². The Hall–Kier alpha value is -2.05. The number of alkyl carbamates (subject to hydrolysis) is 1. The van der Waals surface area contributed by atoms with Gasteiger partial charge in [-0.1, -0.05) is 6.92 Å². The van der Waals surface area contributed by atoms with Crippen molar-refractivity contribution in [3.8, 4) is 0 Å². The number of aromatic nitrogens is 2. The first-order valence-corrected chi connectivity index (χ1v) is 6.86. The maximum absolute atomic E-state index is 11.7. The highest BCUT2D eigenvalue weighted by atomic mass is 16.6. The van der Waals surface area contributed by atoms with Gasteiger partial charge >= 0.3 is 12.1 Å². The highest BCUT2D eigenvalue weighted by molar-refractivity contribution is 5.80. The summed E-state index contributed by atoms with van der Waals surface area (Å²) in [7, 11) is 1.75. The van der Waals surface area contributed by atoms with E-state index < -0.39 is 23.7 Å². The Morgan fingerprint density at radius 1 is 1.48 bits per heavy atom. The molecule has 21 heavy (non-hydrogen) atoms. The minimum atomic E-state index is -1.11. The molecule has 7 nitrogen and oxygen atoms in total. The van der Waals surface area contributed by atoms with Gasteiger partial charge in [0, 0.05) is 19.2 Å². The van der Waals surface area contributed by atoms with Gasteiger partial charge in [-0.25, -0.2) is 9.59 Å². The molecule has 1 amide bonds. The molecule has 0 aliphatic heterocycles. The second-order valence-electron chi connectivity index (χ2n) is 5.85. The largest absolute Gasteiger partial charge is 0.480 e. The molecule has 0 spiro atoms. The minimum Gasteiger partial charge on any atom is -0.480 e. The van der Waals surface area contributed by atoms with Crippen LogP contribution in [0.25, 0.3) is 0 Å². The van der Waals surface area contributed by atoms with E-state index in [9.17, 15) is 14.7 Å². The molecular weight excluding hydrogens is 274 g/mol. The molecule has 0 aliphatic carbocycles. The molecule has 0 fully saturated rings. The number of carbonyl (C=O) groups is 2. The van der Waals surface area contributed by atoms with Crippen molar-refractivity contribution in [3.63, 3.8) is 0 Å². The summed E-state index contributed by atoms with van der Waals surface area (Å²) in [6.45, 7) is 7.13. The molecule has 0 saturated carbocycles. The van der Waals surface area contributed by atoms with Crippen LogP contribution in [-0.2, 0) is 29.4 Å². The van der Waals surface area contributed by atoms with Crippen molar-refractivity contribution in [2.45, 2.75) is 52.2 Å². The summed E-state index contributed by atoms with van der Waals surface area (Å²) in [4.78, 5) is 23.0. The number of carboxylic acids is 1. The molecule has 1 heterocycles. The molecule has 0 saturated heterocycles. The molecule has 7 heteroatoms. The second kappa shape index (κ2) is 6.60. The van der Waals surface area contributed by atoms with Crippen molar-refractivity contribution in [2.75, 3.05) is 0 Å². The molecule has 1 rings (SSSR count). The molecule has 118 valence electrons. The standard InChI is InChI=1S/C14H23N3O4/c1-6-9-7-10(17(5)16-9)8-11(12(18)19)15-13(20)21-14(2,3)4/h7,11H,6,8H2,1-5H3,(H,15,20)(H,18,19). The van der Waals surface area contributed by atoms with E-state index in [0.717, 1.165) is 17.8 Å². The van der Waals surface area contributed by atoms with Crippen LogP contribution in [0.5, 0.6) is 0 Å². The average Bonchev–Trinajstić information content (AvgIpc) is 2.66. The number of carboxylic acid groups (broad SMARTS) is 1. The van der Waals surface area contributed by atoms with Crippen LogP contribution in [-0.4, -0.2) is 38.6 Å². The Kier molecular flexibility index (Phi) is 5.34. The molecule has 0 bridgehead atoms. The van der Waals surface area contributed by atoms with Crippen LogP contribution in [0.3, 0.4) is 0 Å². The van der Waals surface area contributed by atoms with Gasteiger partial charge in [0.2, 0.25) is 0 Å². The first kappa shape index (κ1) is 17.0. The number of ether oxygens (including phenoxy) is 1. The number of aryl methyl sites for hydroxylation is 2. The first-order valence-electron chi connectivity index (χ1n) is 6.86. The predicted molar refractivity (Wildman–Crippen MR) is 77.1 cm³/mol. The zero-order chi connectivity index (χ0) is 16.2. The van der Waals surface area contributed by atoms with E-state index in [1.807, 2.05) is 13.0 Å². The van der Waals surface area contributed by atoms with Gasteiger partial charge in [0.25, 0.3) is 0 Å². The normalized spacial score (nSPS) is 12.8. The van der Waals surface area contributed by atoms with Crippen molar-refractivity contribution in [3.05, 3.63) is 17.5 Å². The van der Waals surface area contributed by atoms with Crippen LogP contribution in [0.15, 0.2) is 6.07 Å². The van der Waals surface area contributed by atoms with Crippen LogP contribution >= 0.6 is 0 Å².